The van der Waals surface area contributed by atoms with Gasteiger partial charge in [0.2, 0.25) is 5.82 Å². The molecule has 162 valence electrons. The van der Waals surface area contributed by atoms with Crippen molar-refractivity contribution >= 4 is 5.91 Å². The van der Waals surface area contributed by atoms with Crippen molar-refractivity contribution in [2.24, 2.45) is 5.92 Å². The summed E-state index contributed by atoms with van der Waals surface area (Å²) in [5, 5.41) is 4.06. The summed E-state index contributed by atoms with van der Waals surface area (Å²) in [5.74, 6) is 2.58. The zero-order chi connectivity index (χ0) is 21.6. The average molecular weight is 421 g/mol. The summed E-state index contributed by atoms with van der Waals surface area (Å²) in [7, 11) is 0. The van der Waals surface area contributed by atoms with E-state index in [1.165, 1.54) is 6.42 Å². The molecule has 1 aliphatic rings. The van der Waals surface area contributed by atoms with Crippen LogP contribution in [0.5, 0.6) is 11.5 Å². The second-order valence-electron chi connectivity index (χ2n) is 7.99. The molecular formula is C24H27N3O4. The second-order valence-corrected chi connectivity index (χ2v) is 7.99. The SMILES string of the molecule is Cc1ccc(OCc2nc(-c3ccccc3OCC(=O)N3CCC[C@H](C)C3)no2)cc1. The molecule has 7 nitrogen and oxygen atoms in total. The Hall–Kier alpha value is -3.35. The van der Waals surface area contributed by atoms with Crippen LogP contribution in [0.15, 0.2) is 53.1 Å². The van der Waals surface area contributed by atoms with E-state index in [1.54, 1.807) is 6.07 Å². The molecule has 1 fully saturated rings. The molecule has 0 saturated carbocycles. The first-order chi connectivity index (χ1) is 15.1. The van der Waals surface area contributed by atoms with Gasteiger partial charge in [0.05, 0.1) is 5.56 Å². The number of nitrogens with zero attached hydrogens (tertiary/aromatic N) is 3. The summed E-state index contributed by atoms with van der Waals surface area (Å²) >= 11 is 0. The first kappa shape index (κ1) is 20.9. The number of para-hydroxylation sites is 1. The molecule has 0 radical (unpaired) electrons. The number of hydrogen-bond acceptors (Lipinski definition) is 6. The quantitative estimate of drug-likeness (QED) is 0.567. The number of ether oxygens (including phenoxy) is 2. The highest BCUT2D eigenvalue weighted by Crippen LogP contribution is 2.28. The van der Waals surface area contributed by atoms with Gasteiger partial charge in [-0.1, -0.05) is 41.9 Å². The van der Waals surface area contributed by atoms with Crippen LogP contribution in [0.1, 0.15) is 31.2 Å². The number of carbonyl (C=O) groups is 1. The number of likely N-dealkylation sites (tertiary alicyclic amines) is 1. The van der Waals surface area contributed by atoms with Gasteiger partial charge in [0, 0.05) is 13.1 Å². The molecule has 1 aromatic heterocycles. The summed E-state index contributed by atoms with van der Waals surface area (Å²) in [4.78, 5) is 18.8. The minimum atomic E-state index is -0.00895. The molecule has 1 atom stereocenters. The molecule has 4 rings (SSSR count). The third-order valence-electron chi connectivity index (χ3n) is 5.34. The van der Waals surface area contributed by atoms with Gasteiger partial charge in [-0.2, -0.15) is 4.98 Å². The predicted octanol–water partition coefficient (Wildman–Crippen LogP) is 4.26. The molecule has 0 spiro atoms. The monoisotopic (exact) mass is 421 g/mol. The van der Waals surface area contributed by atoms with E-state index in [0.29, 0.717) is 28.9 Å². The van der Waals surface area contributed by atoms with Crippen LogP contribution >= 0.6 is 0 Å². The van der Waals surface area contributed by atoms with Gasteiger partial charge in [-0.15, -0.1) is 0 Å². The molecule has 7 heteroatoms. The number of carbonyl (C=O) groups excluding carboxylic acids is 1. The average Bonchev–Trinajstić information content (AvgIpc) is 3.26. The number of amides is 1. The van der Waals surface area contributed by atoms with Crippen LogP contribution in [0.3, 0.4) is 0 Å². The van der Waals surface area contributed by atoms with Crippen molar-refractivity contribution in [2.75, 3.05) is 19.7 Å². The summed E-state index contributed by atoms with van der Waals surface area (Å²) in [6.45, 7) is 5.94. The normalized spacial score (nSPS) is 16.2. The highest BCUT2D eigenvalue weighted by molar-refractivity contribution is 5.78. The molecule has 1 aliphatic heterocycles. The summed E-state index contributed by atoms with van der Waals surface area (Å²) in [5.41, 5.74) is 1.84. The standard InChI is InChI=1S/C24H27N3O4/c1-17-9-11-19(12-10-17)29-15-22-25-24(26-31-22)20-7-3-4-8-21(20)30-16-23(28)27-13-5-6-18(2)14-27/h3-4,7-12,18H,5-6,13-16H2,1-2H3/t18-/m0/s1. The number of aromatic nitrogens is 2. The Balaban J connectivity index is 1.39. The zero-order valence-corrected chi connectivity index (χ0v) is 17.9. The molecule has 2 heterocycles. The topological polar surface area (TPSA) is 77.7 Å². The van der Waals surface area contributed by atoms with Crippen molar-refractivity contribution < 1.29 is 18.8 Å². The summed E-state index contributed by atoms with van der Waals surface area (Å²) < 4.78 is 16.9. The Bertz CT molecular complexity index is 1020. The molecule has 1 amide bonds. The van der Waals surface area contributed by atoms with Crippen molar-refractivity contribution in [3.63, 3.8) is 0 Å². The van der Waals surface area contributed by atoms with Crippen LogP contribution in [0, 0.1) is 12.8 Å². The first-order valence-corrected chi connectivity index (χ1v) is 10.6. The maximum Gasteiger partial charge on any atom is 0.264 e. The second kappa shape index (κ2) is 9.64. The van der Waals surface area contributed by atoms with E-state index in [-0.39, 0.29) is 19.1 Å². The van der Waals surface area contributed by atoms with Gasteiger partial charge in [0.15, 0.2) is 13.2 Å². The van der Waals surface area contributed by atoms with Gasteiger partial charge in [-0.3, -0.25) is 4.79 Å². The van der Waals surface area contributed by atoms with E-state index < -0.39 is 0 Å². The van der Waals surface area contributed by atoms with E-state index >= 15 is 0 Å². The third kappa shape index (κ3) is 5.42. The molecule has 1 saturated heterocycles. The Morgan fingerprint density at radius 2 is 1.97 bits per heavy atom. The highest BCUT2D eigenvalue weighted by atomic mass is 16.5. The molecular weight excluding hydrogens is 394 g/mol. The minimum Gasteiger partial charge on any atom is -0.484 e. The van der Waals surface area contributed by atoms with Crippen molar-refractivity contribution in [1.82, 2.24) is 15.0 Å². The summed E-state index contributed by atoms with van der Waals surface area (Å²) in [6, 6.07) is 15.1. The fourth-order valence-electron chi connectivity index (χ4n) is 3.63. The summed E-state index contributed by atoms with van der Waals surface area (Å²) in [6.07, 6.45) is 2.21. The van der Waals surface area contributed by atoms with Crippen molar-refractivity contribution in [1.29, 1.82) is 0 Å². The molecule has 0 aliphatic carbocycles. The van der Waals surface area contributed by atoms with E-state index in [1.807, 2.05) is 54.3 Å². The van der Waals surface area contributed by atoms with E-state index in [0.717, 1.165) is 30.8 Å². The van der Waals surface area contributed by atoms with Crippen LogP contribution in [0.2, 0.25) is 0 Å². The first-order valence-electron chi connectivity index (χ1n) is 10.6. The number of benzene rings is 2. The van der Waals surface area contributed by atoms with Crippen molar-refractivity contribution in [2.45, 2.75) is 33.3 Å². The zero-order valence-electron chi connectivity index (χ0n) is 17.9. The molecule has 0 bridgehead atoms. The highest BCUT2D eigenvalue weighted by Gasteiger charge is 2.22. The fraction of sp³-hybridized carbons (Fsp3) is 0.375. The molecule has 2 aromatic carbocycles. The Labute approximate surface area is 182 Å². The van der Waals surface area contributed by atoms with Gasteiger partial charge in [-0.05, 0) is 49.9 Å². The lowest BCUT2D eigenvalue weighted by atomic mass is 10.0. The number of hydrogen-bond donors (Lipinski definition) is 0. The van der Waals surface area contributed by atoms with Gasteiger partial charge < -0.3 is 18.9 Å². The van der Waals surface area contributed by atoms with Crippen LogP contribution in [-0.4, -0.2) is 40.6 Å². The van der Waals surface area contributed by atoms with Gasteiger partial charge >= 0.3 is 0 Å². The van der Waals surface area contributed by atoms with Crippen molar-refractivity contribution in [3.05, 3.63) is 60.0 Å². The van der Waals surface area contributed by atoms with E-state index in [4.69, 9.17) is 14.0 Å². The Kier molecular flexibility index (Phi) is 6.50. The van der Waals surface area contributed by atoms with Crippen LogP contribution in [0.4, 0.5) is 0 Å². The molecule has 0 unspecified atom stereocenters. The maximum atomic E-state index is 12.5. The lowest BCUT2D eigenvalue weighted by molar-refractivity contribution is -0.135. The largest absolute Gasteiger partial charge is 0.484 e. The van der Waals surface area contributed by atoms with Gasteiger partial charge in [0.1, 0.15) is 11.5 Å². The Morgan fingerprint density at radius 3 is 2.77 bits per heavy atom. The number of aryl methyl sites for hydroxylation is 1. The Morgan fingerprint density at radius 1 is 1.16 bits per heavy atom. The molecule has 31 heavy (non-hydrogen) atoms. The fourth-order valence-corrected chi connectivity index (χ4v) is 3.63. The van der Waals surface area contributed by atoms with Gasteiger partial charge in [0.25, 0.3) is 11.8 Å². The predicted molar refractivity (Wildman–Crippen MR) is 116 cm³/mol. The van der Waals surface area contributed by atoms with Crippen molar-refractivity contribution in [3.8, 4) is 22.9 Å². The van der Waals surface area contributed by atoms with Crippen LogP contribution < -0.4 is 9.47 Å². The van der Waals surface area contributed by atoms with E-state index in [9.17, 15) is 4.79 Å². The number of piperidine rings is 1. The number of rotatable bonds is 7. The minimum absolute atomic E-state index is 0.00153. The lowest BCUT2D eigenvalue weighted by Gasteiger charge is -2.30. The smallest absolute Gasteiger partial charge is 0.264 e. The van der Waals surface area contributed by atoms with E-state index in [2.05, 4.69) is 17.1 Å². The molecule has 0 N–H and O–H groups in total. The lowest BCUT2D eigenvalue weighted by Crippen LogP contribution is -2.41. The molecule has 3 aromatic rings. The maximum absolute atomic E-state index is 12.5. The van der Waals surface area contributed by atoms with Crippen LogP contribution in [-0.2, 0) is 11.4 Å². The van der Waals surface area contributed by atoms with Gasteiger partial charge in [-0.25, -0.2) is 0 Å². The van der Waals surface area contributed by atoms with Crippen LogP contribution in [0.25, 0.3) is 11.4 Å². The third-order valence-corrected chi connectivity index (χ3v) is 5.34.